The van der Waals surface area contributed by atoms with Crippen LogP contribution in [-0.2, 0) is 0 Å². The molecule has 0 aromatic carbocycles. The van der Waals surface area contributed by atoms with Crippen LogP contribution in [0.5, 0.6) is 0 Å². The molecule has 0 aromatic rings. The van der Waals surface area contributed by atoms with Crippen molar-refractivity contribution in [2.24, 2.45) is 0 Å². The summed E-state index contributed by atoms with van der Waals surface area (Å²) in [5, 5.41) is 7.17. The highest BCUT2D eigenvalue weighted by atomic mass is 32.2. The highest BCUT2D eigenvalue weighted by molar-refractivity contribution is 7.99. The first-order chi connectivity index (χ1) is 10.7. The Morgan fingerprint density at radius 2 is 1.77 bits per heavy atom. The Bertz CT molecular complexity index is 365. The Kier molecular flexibility index (Phi) is 5.91. The van der Waals surface area contributed by atoms with Gasteiger partial charge in [-0.2, -0.15) is 11.8 Å². The van der Waals surface area contributed by atoms with E-state index in [4.69, 9.17) is 0 Å². The Hall–Kier alpha value is -0.420. The number of amides is 2. The van der Waals surface area contributed by atoms with Crippen LogP contribution in [0.1, 0.15) is 58.3 Å². The molecule has 0 unspecified atom stereocenters. The maximum Gasteiger partial charge on any atom is 0.315 e. The van der Waals surface area contributed by atoms with Crippen molar-refractivity contribution in [1.82, 2.24) is 15.5 Å². The highest BCUT2D eigenvalue weighted by Gasteiger charge is 2.32. The van der Waals surface area contributed by atoms with Gasteiger partial charge in [-0.3, -0.25) is 0 Å². The van der Waals surface area contributed by atoms with Gasteiger partial charge in [-0.15, -0.1) is 0 Å². The number of carbonyl (C=O) groups excluding carboxylic acids is 1. The van der Waals surface area contributed by atoms with Gasteiger partial charge in [-0.05, 0) is 50.7 Å². The zero-order chi connectivity index (χ0) is 15.4. The summed E-state index contributed by atoms with van der Waals surface area (Å²) in [4.78, 5) is 14.8. The molecule has 1 heterocycles. The Morgan fingerprint density at radius 1 is 1.05 bits per heavy atom. The predicted molar refractivity (Wildman–Crippen MR) is 93.5 cm³/mol. The molecule has 5 heteroatoms. The topological polar surface area (TPSA) is 44.4 Å². The van der Waals surface area contributed by atoms with Crippen LogP contribution in [0.2, 0.25) is 0 Å². The van der Waals surface area contributed by atoms with Crippen molar-refractivity contribution < 1.29 is 4.79 Å². The number of likely N-dealkylation sites (tertiary alicyclic amines) is 1. The number of hydrogen-bond donors (Lipinski definition) is 2. The molecular weight excluding hydrogens is 294 g/mol. The molecule has 2 N–H and O–H groups in total. The highest BCUT2D eigenvalue weighted by Crippen LogP contribution is 2.30. The third kappa shape index (κ3) is 4.79. The molecule has 2 amide bonds. The lowest BCUT2D eigenvalue weighted by atomic mass is 9.95. The maximum absolute atomic E-state index is 12.2. The zero-order valence-electron chi connectivity index (χ0n) is 13.9. The van der Waals surface area contributed by atoms with E-state index >= 15 is 0 Å². The lowest BCUT2D eigenvalue weighted by molar-refractivity contribution is 0.184. The van der Waals surface area contributed by atoms with Crippen molar-refractivity contribution >= 4 is 17.8 Å². The first-order valence-corrected chi connectivity index (χ1v) is 10.2. The van der Waals surface area contributed by atoms with Gasteiger partial charge in [0.1, 0.15) is 0 Å². The molecule has 3 rings (SSSR count). The van der Waals surface area contributed by atoms with Crippen LogP contribution in [0.3, 0.4) is 0 Å². The van der Waals surface area contributed by atoms with Crippen molar-refractivity contribution in [1.29, 1.82) is 0 Å². The minimum atomic E-state index is 0.0667. The van der Waals surface area contributed by atoms with Crippen molar-refractivity contribution in [3.8, 4) is 0 Å². The normalized spacial score (nSPS) is 31.0. The SMILES string of the molecule is CCS[C@@H]1CCC[C@H](NC(=O)NC2CCN(C3CC3)CC2)C1. The number of rotatable bonds is 5. The van der Waals surface area contributed by atoms with Crippen LogP contribution >= 0.6 is 11.8 Å². The van der Waals surface area contributed by atoms with Gasteiger partial charge in [0.2, 0.25) is 0 Å². The van der Waals surface area contributed by atoms with Gasteiger partial charge in [0.15, 0.2) is 0 Å². The van der Waals surface area contributed by atoms with Gasteiger partial charge in [-0.25, -0.2) is 4.79 Å². The smallest absolute Gasteiger partial charge is 0.315 e. The van der Waals surface area contributed by atoms with E-state index in [0.717, 1.165) is 50.1 Å². The molecule has 1 saturated heterocycles. The summed E-state index contributed by atoms with van der Waals surface area (Å²) in [5.74, 6) is 1.18. The summed E-state index contributed by atoms with van der Waals surface area (Å²) in [5.41, 5.74) is 0. The molecule has 3 fully saturated rings. The molecule has 4 nitrogen and oxygen atoms in total. The van der Waals surface area contributed by atoms with E-state index in [1.54, 1.807) is 0 Å². The van der Waals surface area contributed by atoms with Gasteiger partial charge in [0.25, 0.3) is 0 Å². The number of nitrogens with zero attached hydrogens (tertiary/aromatic N) is 1. The van der Waals surface area contributed by atoms with Gasteiger partial charge in [0.05, 0.1) is 0 Å². The Morgan fingerprint density at radius 3 is 2.45 bits per heavy atom. The predicted octanol–water partition coefficient (Wildman–Crippen LogP) is 2.98. The summed E-state index contributed by atoms with van der Waals surface area (Å²) in [7, 11) is 0. The van der Waals surface area contributed by atoms with Crippen LogP contribution in [0.25, 0.3) is 0 Å². The Balaban J connectivity index is 1.35. The summed E-state index contributed by atoms with van der Waals surface area (Å²) in [6.45, 7) is 4.55. The van der Waals surface area contributed by atoms with Crippen molar-refractivity contribution in [2.75, 3.05) is 18.8 Å². The summed E-state index contributed by atoms with van der Waals surface area (Å²) >= 11 is 2.05. The van der Waals surface area contributed by atoms with E-state index in [1.807, 2.05) is 0 Å². The number of piperidine rings is 1. The molecule has 2 aliphatic carbocycles. The quantitative estimate of drug-likeness (QED) is 0.817. The monoisotopic (exact) mass is 325 g/mol. The van der Waals surface area contributed by atoms with E-state index in [1.165, 1.54) is 31.4 Å². The molecule has 126 valence electrons. The van der Waals surface area contributed by atoms with Crippen LogP contribution in [-0.4, -0.2) is 53.1 Å². The van der Waals surface area contributed by atoms with Crippen molar-refractivity contribution in [3.63, 3.8) is 0 Å². The third-order valence-corrected chi connectivity index (χ3v) is 6.52. The maximum atomic E-state index is 12.2. The lowest BCUT2D eigenvalue weighted by Gasteiger charge is -2.33. The first-order valence-electron chi connectivity index (χ1n) is 9.17. The first kappa shape index (κ1) is 16.4. The van der Waals surface area contributed by atoms with Crippen molar-refractivity contribution in [2.45, 2.75) is 81.7 Å². The lowest BCUT2D eigenvalue weighted by Crippen LogP contribution is -2.51. The summed E-state index contributed by atoms with van der Waals surface area (Å²) in [6, 6.07) is 1.69. The molecular formula is C17H31N3OS. The minimum Gasteiger partial charge on any atom is -0.335 e. The second kappa shape index (κ2) is 7.91. The van der Waals surface area contributed by atoms with E-state index in [9.17, 15) is 4.79 Å². The van der Waals surface area contributed by atoms with Crippen LogP contribution in [0.4, 0.5) is 4.79 Å². The van der Waals surface area contributed by atoms with Gasteiger partial charge in [-0.1, -0.05) is 13.3 Å². The summed E-state index contributed by atoms with van der Waals surface area (Å²) < 4.78 is 0. The molecule has 0 radical (unpaired) electrons. The average Bonchev–Trinajstić information content (AvgIpc) is 3.33. The van der Waals surface area contributed by atoms with E-state index < -0.39 is 0 Å². The molecule has 3 aliphatic rings. The second-order valence-corrected chi connectivity index (χ2v) is 8.68. The average molecular weight is 326 g/mol. The van der Waals surface area contributed by atoms with Crippen LogP contribution in [0.15, 0.2) is 0 Å². The van der Waals surface area contributed by atoms with Crippen molar-refractivity contribution in [3.05, 3.63) is 0 Å². The largest absolute Gasteiger partial charge is 0.335 e. The number of urea groups is 1. The standard InChI is InChI=1S/C17H31N3OS/c1-2-22-16-5-3-4-14(12-16)19-17(21)18-13-8-10-20(11-9-13)15-6-7-15/h13-16H,2-12H2,1H3,(H2,18,19,21)/t14-,16+/m0/s1. The molecule has 0 aromatic heterocycles. The van der Waals surface area contributed by atoms with E-state index in [2.05, 4.69) is 34.2 Å². The van der Waals surface area contributed by atoms with E-state index in [-0.39, 0.29) is 6.03 Å². The van der Waals surface area contributed by atoms with E-state index in [0.29, 0.717) is 12.1 Å². The minimum absolute atomic E-state index is 0.0667. The fourth-order valence-electron chi connectivity index (χ4n) is 3.92. The fourth-order valence-corrected chi connectivity index (χ4v) is 5.10. The Labute approximate surface area is 139 Å². The molecule has 1 aliphatic heterocycles. The number of thioether (sulfide) groups is 1. The number of nitrogens with one attached hydrogen (secondary N) is 2. The van der Waals surface area contributed by atoms with Gasteiger partial charge < -0.3 is 15.5 Å². The molecule has 2 atom stereocenters. The molecule has 0 spiro atoms. The van der Waals surface area contributed by atoms with Crippen LogP contribution in [0, 0.1) is 0 Å². The van der Waals surface area contributed by atoms with Gasteiger partial charge in [0, 0.05) is 36.5 Å². The molecule has 22 heavy (non-hydrogen) atoms. The second-order valence-electron chi connectivity index (χ2n) is 7.10. The summed E-state index contributed by atoms with van der Waals surface area (Å²) in [6.07, 6.45) is 9.86. The molecule has 0 bridgehead atoms. The van der Waals surface area contributed by atoms with Crippen LogP contribution < -0.4 is 10.6 Å². The zero-order valence-corrected chi connectivity index (χ0v) is 14.7. The van der Waals surface area contributed by atoms with Gasteiger partial charge >= 0.3 is 6.03 Å². The molecule has 2 saturated carbocycles. The number of hydrogen-bond acceptors (Lipinski definition) is 3. The third-order valence-electron chi connectivity index (χ3n) is 5.29. The number of carbonyl (C=O) groups is 1. The fraction of sp³-hybridized carbons (Fsp3) is 0.941.